The number of carbonyl (C=O) groups is 1. The van der Waals surface area contributed by atoms with E-state index in [-0.39, 0.29) is 22.4 Å². The van der Waals surface area contributed by atoms with Crippen LogP contribution in [0.5, 0.6) is 5.75 Å². The maximum absolute atomic E-state index is 13.7. The lowest BCUT2D eigenvalue weighted by Gasteiger charge is -2.08. The number of oxazole rings is 1. The summed E-state index contributed by atoms with van der Waals surface area (Å²) in [5.41, 5.74) is 2.85. The maximum atomic E-state index is 13.7. The van der Waals surface area contributed by atoms with Crippen LogP contribution in [0.4, 0.5) is 14.5 Å². The highest BCUT2D eigenvalue weighted by molar-refractivity contribution is 6.33. The molecule has 0 saturated heterocycles. The van der Waals surface area contributed by atoms with Crippen LogP contribution < -0.4 is 10.1 Å². The second kappa shape index (κ2) is 9.56. The molecule has 5 aromatic rings. The average Bonchev–Trinajstić information content (AvgIpc) is 3.29. The molecule has 0 bridgehead atoms. The van der Waals surface area contributed by atoms with Gasteiger partial charge in [-0.3, -0.25) is 4.79 Å². The van der Waals surface area contributed by atoms with E-state index in [1.54, 1.807) is 30.3 Å². The van der Waals surface area contributed by atoms with Crippen LogP contribution in [0.15, 0.2) is 89.3 Å². The Morgan fingerprint density at radius 3 is 2.46 bits per heavy atom. The molecule has 5 rings (SSSR count). The Morgan fingerprint density at radius 1 is 0.943 bits per heavy atom. The number of nitrogens with zero attached hydrogens (tertiary/aromatic N) is 1. The van der Waals surface area contributed by atoms with E-state index in [2.05, 4.69) is 10.3 Å². The Labute approximate surface area is 203 Å². The van der Waals surface area contributed by atoms with E-state index in [4.69, 9.17) is 20.8 Å². The standard InChI is InChI=1S/C27H17ClF2N2O3/c28-21-14-23(30)22(29)13-20(21)27-32-24-12-18(10-11-25(24)35-27)31-26(33)17-8-6-16(7-9-17)15-34-19-4-2-1-3-5-19/h1-14H,15H2,(H,31,33). The summed E-state index contributed by atoms with van der Waals surface area (Å²) >= 11 is 6.02. The van der Waals surface area contributed by atoms with Gasteiger partial charge in [0.25, 0.3) is 5.91 Å². The Morgan fingerprint density at radius 2 is 1.69 bits per heavy atom. The van der Waals surface area contributed by atoms with E-state index in [0.29, 0.717) is 29.0 Å². The molecule has 0 aliphatic rings. The Kier molecular flexibility index (Phi) is 6.16. The molecular formula is C27H17ClF2N2O3. The van der Waals surface area contributed by atoms with E-state index in [1.807, 2.05) is 42.5 Å². The van der Waals surface area contributed by atoms with Crippen molar-refractivity contribution in [3.05, 3.63) is 113 Å². The number of nitrogens with one attached hydrogen (secondary N) is 1. The second-order valence-corrected chi connectivity index (χ2v) is 8.11. The first kappa shape index (κ1) is 22.6. The van der Waals surface area contributed by atoms with Crippen molar-refractivity contribution in [1.82, 2.24) is 4.98 Å². The first-order valence-electron chi connectivity index (χ1n) is 10.6. The minimum Gasteiger partial charge on any atom is -0.489 e. The first-order chi connectivity index (χ1) is 17.0. The molecule has 174 valence electrons. The third-order valence-electron chi connectivity index (χ3n) is 5.25. The fourth-order valence-electron chi connectivity index (χ4n) is 3.45. The zero-order chi connectivity index (χ0) is 24.4. The van der Waals surface area contributed by atoms with Gasteiger partial charge in [-0.1, -0.05) is 41.9 Å². The predicted octanol–water partition coefficient (Wildman–Crippen LogP) is 7.26. The molecule has 0 unspecified atom stereocenters. The topological polar surface area (TPSA) is 64.4 Å². The SMILES string of the molecule is O=C(Nc1ccc2oc(-c3cc(F)c(F)cc3Cl)nc2c1)c1ccc(COc2ccccc2)cc1. The van der Waals surface area contributed by atoms with Crippen LogP contribution in [0.2, 0.25) is 5.02 Å². The molecule has 5 nitrogen and oxygen atoms in total. The molecule has 0 atom stereocenters. The molecular weight excluding hydrogens is 474 g/mol. The van der Waals surface area contributed by atoms with E-state index < -0.39 is 11.6 Å². The molecule has 1 amide bonds. The van der Waals surface area contributed by atoms with Crippen LogP contribution in [0.1, 0.15) is 15.9 Å². The number of para-hydroxylation sites is 1. The number of ether oxygens (including phenoxy) is 1. The van der Waals surface area contributed by atoms with Crippen LogP contribution >= 0.6 is 11.6 Å². The number of anilines is 1. The van der Waals surface area contributed by atoms with Crippen LogP contribution in [-0.2, 0) is 6.61 Å². The van der Waals surface area contributed by atoms with E-state index in [9.17, 15) is 13.6 Å². The van der Waals surface area contributed by atoms with Gasteiger partial charge in [0.15, 0.2) is 17.2 Å². The van der Waals surface area contributed by atoms with E-state index >= 15 is 0 Å². The van der Waals surface area contributed by atoms with Gasteiger partial charge in [-0.05, 0) is 60.2 Å². The van der Waals surface area contributed by atoms with Crippen molar-refractivity contribution >= 4 is 34.3 Å². The average molecular weight is 491 g/mol. The Bertz CT molecular complexity index is 1520. The fraction of sp³-hybridized carbons (Fsp3) is 0.0370. The van der Waals surface area contributed by atoms with Gasteiger partial charge >= 0.3 is 0 Å². The highest BCUT2D eigenvalue weighted by Crippen LogP contribution is 2.32. The lowest BCUT2D eigenvalue weighted by atomic mass is 10.1. The highest BCUT2D eigenvalue weighted by atomic mass is 35.5. The van der Waals surface area contributed by atoms with Crippen molar-refractivity contribution in [2.24, 2.45) is 0 Å². The predicted molar refractivity (Wildman–Crippen MR) is 130 cm³/mol. The van der Waals surface area contributed by atoms with Crippen molar-refractivity contribution in [3.8, 4) is 17.2 Å². The second-order valence-electron chi connectivity index (χ2n) is 7.70. The molecule has 0 radical (unpaired) electrons. The molecule has 4 aromatic carbocycles. The van der Waals surface area contributed by atoms with Gasteiger partial charge in [0, 0.05) is 11.3 Å². The van der Waals surface area contributed by atoms with Crippen molar-refractivity contribution in [1.29, 1.82) is 0 Å². The molecule has 1 N–H and O–H groups in total. The number of benzene rings is 4. The molecule has 0 aliphatic heterocycles. The maximum Gasteiger partial charge on any atom is 0.255 e. The number of halogens is 3. The minimum atomic E-state index is -1.06. The molecule has 0 spiro atoms. The van der Waals surface area contributed by atoms with Gasteiger partial charge in [0.05, 0.1) is 10.6 Å². The van der Waals surface area contributed by atoms with Gasteiger partial charge in [0.2, 0.25) is 5.89 Å². The number of hydrogen-bond acceptors (Lipinski definition) is 4. The summed E-state index contributed by atoms with van der Waals surface area (Å²) in [6.45, 7) is 0.388. The smallest absolute Gasteiger partial charge is 0.255 e. The first-order valence-corrected chi connectivity index (χ1v) is 11.0. The largest absolute Gasteiger partial charge is 0.489 e. The number of amides is 1. The highest BCUT2D eigenvalue weighted by Gasteiger charge is 2.16. The number of rotatable bonds is 6. The molecule has 0 saturated carbocycles. The minimum absolute atomic E-state index is 0.0263. The Hall–Kier alpha value is -4.23. The lowest BCUT2D eigenvalue weighted by Crippen LogP contribution is -2.11. The summed E-state index contributed by atoms with van der Waals surface area (Å²) in [6, 6.07) is 23.3. The summed E-state index contributed by atoms with van der Waals surface area (Å²) in [5, 5.41) is 2.79. The van der Waals surface area contributed by atoms with Crippen LogP contribution in [0.3, 0.4) is 0 Å². The summed E-state index contributed by atoms with van der Waals surface area (Å²) in [5.74, 6) is -1.60. The number of fused-ring (bicyclic) bond motifs is 1. The molecule has 0 aliphatic carbocycles. The summed E-state index contributed by atoms with van der Waals surface area (Å²) in [4.78, 5) is 17.0. The zero-order valence-electron chi connectivity index (χ0n) is 18.1. The third kappa shape index (κ3) is 5.00. The van der Waals surface area contributed by atoms with E-state index in [1.165, 1.54) is 0 Å². The molecule has 0 fully saturated rings. The Balaban J connectivity index is 1.28. The third-order valence-corrected chi connectivity index (χ3v) is 5.56. The van der Waals surface area contributed by atoms with Crippen LogP contribution in [0.25, 0.3) is 22.6 Å². The summed E-state index contributed by atoms with van der Waals surface area (Å²) < 4.78 is 38.4. The van der Waals surface area contributed by atoms with Crippen LogP contribution in [-0.4, -0.2) is 10.9 Å². The van der Waals surface area contributed by atoms with Gasteiger partial charge in [-0.15, -0.1) is 0 Å². The monoisotopic (exact) mass is 490 g/mol. The molecule has 1 heterocycles. The van der Waals surface area contributed by atoms with Gasteiger partial charge in [-0.25, -0.2) is 13.8 Å². The normalized spacial score (nSPS) is 10.9. The van der Waals surface area contributed by atoms with Crippen molar-refractivity contribution in [2.75, 3.05) is 5.32 Å². The molecule has 1 aromatic heterocycles. The fourth-order valence-corrected chi connectivity index (χ4v) is 3.68. The van der Waals surface area contributed by atoms with Gasteiger partial charge < -0.3 is 14.5 Å². The summed E-state index contributed by atoms with van der Waals surface area (Å²) in [6.07, 6.45) is 0. The quantitative estimate of drug-likeness (QED) is 0.254. The summed E-state index contributed by atoms with van der Waals surface area (Å²) in [7, 11) is 0. The lowest BCUT2D eigenvalue weighted by molar-refractivity contribution is 0.102. The number of aromatic nitrogens is 1. The van der Waals surface area contributed by atoms with E-state index in [0.717, 1.165) is 23.4 Å². The van der Waals surface area contributed by atoms with Crippen LogP contribution in [0, 0.1) is 11.6 Å². The zero-order valence-corrected chi connectivity index (χ0v) is 18.9. The van der Waals surface area contributed by atoms with Gasteiger partial charge in [0.1, 0.15) is 17.9 Å². The number of hydrogen-bond donors (Lipinski definition) is 1. The van der Waals surface area contributed by atoms with Crippen molar-refractivity contribution in [2.45, 2.75) is 6.61 Å². The molecule has 35 heavy (non-hydrogen) atoms. The van der Waals surface area contributed by atoms with Crippen molar-refractivity contribution in [3.63, 3.8) is 0 Å². The van der Waals surface area contributed by atoms with Crippen molar-refractivity contribution < 1.29 is 22.7 Å². The molecule has 8 heteroatoms. The van der Waals surface area contributed by atoms with Gasteiger partial charge in [-0.2, -0.15) is 0 Å². The number of carbonyl (C=O) groups excluding carboxylic acids is 1.